The van der Waals surface area contributed by atoms with Crippen LogP contribution in [0.3, 0.4) is 0 Å². The van der Waals surface area contributed by atoms with E-state index in [0.717, 1.165) is 62.8 Å². The minimum atomic E-state index is -1.60. The van der Waals surface area contributed by atoms with E-state index in [1.54, 1.807) is 12.3 Å². The molecule has 37 heavy (non-hydrogen) atoms. The Morgan fingerprint density at radius 2 is 1.73 bits per heavy atom. The van der Waals surface area contributed by atoms with Crippen molar-refractivity contribution >= 4 is 41.9 Å². The maximum Gasteiger partial charge on any atom is 0.229 e. The van der Waals surface area contributed by atoms with E-state index in [2.05, 4.69) is 63.4 Å². The highest BCUT2D eigenvalue weighted by Gasteiger charge is 2.30. The predicted molar refractivity (Wildman–Crippen MR) is 159 cm³/mol. The lowest BCUT2D eigenvalue weighted by Gasteiger charge is -2.37. The Balaban J connectivity index is 1.34. The molecule has 5 rings (SSSR count). The summed E-state index contributed by atoms with van der Waals surface area (Å²) < 4.78 is 14.8. The summed E-state index contributed by atoms with van der Waals surface area (Å²) in [5.74, 6) is 4.96. The zero-order valence-corrected chi connectivity index (χ0v) is 24.6. The maximum absolute atomic E-state index is 14.8. The summed E-state index contributed by atoms with van der Waals surface area (Å²) in [5.41, 5.74) is 0.573. The number of alkyl halides is 1. The third-order valence-corrected chi connectivity index (χ3v) is 8.88. The Hall–Kier alpha value is -1.78. The van der Waals surface area contributed by atoms with Crippen molar-refractivity contribution in [3.63, 3.8) is 0 Å². The highest BCUT2D eigenvalue weighted by molar-refractivity contribution is 7.38. The number of nitrogens with zero attached hydrogens (tertiary/aromatic N) is 6. The Labute approximate surface area is 225 Å². The largest absolute Gasteiger partial charge is 0.367 e. The van der Waals surface area contributed by atoms with E-state index in [1.807, 2.05) is 6.07 Å². The van der Waals surface area contributed by atoms with Crippen LogP contribution in [0.25, 0.3) is 0 Å². The van der Waals surface area contributed by atoms with Crippen LogP contribution < -0.4 is 20.0 Å². The van der Waals surface area contributed by atoms with Crippen LogP contribution in [0.1, 0.15) is 57.9 Å². The van der Waals surface area contributed by atoms with Crippen LogP contribution in [-0.4, -0.2) is 60.3 Å². The fourth-order valence-corrected chi connectivity index (χ4v) is 6.50. The van der Waals surface area contributed by atoms with Crippen LogP contribution in [0.5, 0.6) is 0 Å². The first-order chi connectivity index (χ1) is 17.8. The average Bonchev–Trinajstić information content (AvgIpc) is 3.35. The molecule has 2 saturated heterocycles. The van der Waals surface area contributed by atoms with E-state index < -0.39 is 5.15 Å². The van der Waals surface area contributed by atoms with Gasteiger partial charge >= 0.3 is 0 Å². The molecule has 0 radical (unpaired) electrons. The molecule has 5 atom stereocenters. The molecule has 1 saturated carbocycles. The van der Waals surface area contributed by atoms with Gasteiger partial charge in [-0.3, -0.25) is 0 Å². The van der Waals surface area contributed by atoms with Crippen LogP contribution in [-0.2, 0) is 5.15 Å². The van der Waals surface area contributed by atoms with Crippen molar-refractivity contribution < 1.29 is 4.39 Å². The molecular formula is C27H42FN7P2. The number of piperidine rings is 1. The number of aromatic nitrogens is 3. The number of hydrogen-bond donors (Lipinski definition) is 1. The van der Waals surface area contributed by atoms with E-state index in [-0.39, 0.29) is 0 Å². The lowest BCUT2D eigenvalue weighted by Crippen LogP contribution is -2.48. The molecule has 0 amide bonds. The minimum absolute atomic E-state index is 0.390. The summed E-state index contributed by atoms with van der Waals surface area (Å²) in [6.45, 7) is 9.79. The highest BCUT2D eigenvalue weighted by atomic mass is 31.1. The van der Waals surface area contributed by atoms with Crippen molar-refractivity contribution in [2.24, 2.45) is 11.8 Å². The van der Waals surface area contributed by atoms with Gasteiger partial charge in [0.15, 0.2) is 5.15 Å². The molecule has 10 heteroatoms. The van der Waals surface area contributed by atoms with Crippen molar-refractivity contribution in [1.29, 1.82) is 0 Å². The van der Waals surface area contributed by atoms with Gasteiger partial charge in [0.05, 0.1) is 0 Å². The molecule has 2 aromatic rings. The standard InChI is InChI=1S/C27H42FN7P2/c1-19-8-9-21(17-19)20(2)30-23-18-24(33-11-4-3-5-12-33)32-26(31-23)35-15-13-34(14-16-35)25-22(27(28,36)37)7-6-10-29-25/h6-7,10,18-21H,3-5,8-9,11-17,36-37H2,1-2H3,(H,30,31,32). The second kappa shape index (κ2) is 11.5. The molecule has 0 bridgehead atoms. The second-order valence-electron chi connectivity index (χ2n) is 11.2. The molecule has 2 aliphatic heterocycles. The van der Waals surface area contributed by atoms with E-state index in [0.29, 0.717) is 23.3 Å². The van der Waals surface area contributed by atoms with E-state index in [1.165, 1.54) is 38.5 Å². The SMILES string of the molecule is CC1CCC(C(C)Nc2cc(N3CCCCC3)nc(N3CCN(c4ncccc4C(F)(P)P)CC3)n2)C1. The van der Waals surface area contributed by atoms with Gasteiger partial charge in [0.25, 0.3) is 0 Å². The van der Waals surface area contributed by atoms with Gasteiger partial charge in [0.1, 0.15) is 17.5 Å². The van der Waals surface area contributed by atoms with Crippen molar-refractivity contribution in [3.05, 3.63) is 30.0 Å². The van der Waals surface area contributed by atoms with Crippen molar-refractivity contribution in [2.75, 3.05) is 59.3 Å². The summed E-state index contributed by atoms with van der Waals surface area (Å²) in [7, 11) is 4.53. The summed E-state index contributed by atoms with van der Waals surface area (Å²) in [6.07, 6.45) is 9.36. The molecular weight excluding hydrogens is 503 g/mol. The second-order valence-corrected chi connectivity index (χ2v) is 13.5. The van der Waals surface area contributed by atoms with Crippen molar-refractivity contribution in [3.8, 4) is 0 Å². The zero-order chi connectivity index (χ0) is 26.0. The maximum atomic E-state index is 14.8. The number of piperazine rings is 1. The highest BCUT2D eigenvalue weighted by Crippen LogP contribution is 2.44. The number of rotatable bonds is 7. The number of pyridine rings is 1. The molecule has 3 aliphatic rings. The molecule has 5 unspecified atom stereocenters. The Bertz CT molecular complexity index is 1050. The number of anilines is 4. The van der Waals surface area contributed by atoms with Crippen LogP contribution >= 0.6 is 18.5 Å². The molecule has 1 N–H and O–H groups in total. The number of nitrogens with one attached hydrogen (secondary N) is 1. The molecule has 1 aliphatic carbocycles. The fraction of sp³-hybridized carbons (Fsp3) is 0.667. The first kappa shape index (κ1) is 26.8. The summed E-state index contributed by atoms with van der Waals surface area (Å²) in [4.78, 5) is 21.4. The van der Waals surface area contributed by atoms with Crippen LogP contribution in [0.2, 0.25) is 0 Å². The van der Waals surface area contributed by atoms with Gasteiger partial charge in [-0.15, -0.1) is 0 Å². The fourth-order valence-electron chi connectivity index (χ4n) is 6.05. The molecule has 0 aromatic carbocycles. The van der Waals surface area contributed by atoms with E-state index in [9.17, 15) is 4.39 Å². The van der Waals surface area contributed by atoms with Gasteiger partial charge in [-0.2, -0.15) is 9.97 Å². The van der Waals surface area contributed by atoms with Crippen molar-refractivity contribution in [2.45, 2.75) is 63.6 Å². The van der Waals surface area contributed by atoms with Crippen molar-refractivity contribution in [1.82, 2.24) is 15.0 Å². The first-order valence-electron chi connectivity index (χ1n) is 13.9. The monoisotopic (exact) mass is 545 g/mol. The molecule has 7 nitrogen and oxygen atoms in total. The topological polar surface area (TPSA) is 60.4 Å². The molecule has 202 valence electrons. The Morgan fingerprint density at radius 1 is 1.00 bits per heavy atom. The predicted octanol–water partition coefficient (Wildman–Crippen LogP) is 5.26. The third-order valence-electron chi connectivity index (χ3n) is 8.26. The number of hydrogen-bond acceptors (Lipinski definition) is 7. The third kappa shape index (κ3) is 6.45. The smallest absolute Gasteiger partial charge is 0.229 e. The van der Waals surface area contributed by atoms with Crippen LogP contribution in [0, 0.1) is 11.8 Å². The average molecular weight is 546 g/mol. The van der Waals surface area contributed by atoms with Gasteiger partial charge in [-0.1, -0.05) is 31.8 Å². The van der Waals surface area contributed by atoms with Gasteiger partial charge in [-0.25, -0.2) is 9.37 Å². The van der Waals surface area contributed by atoms with Gasteiger partial charge in [0.2, 0.25) is 5.95 Å². The van der Waals surface area contributed by atoms with Gasteiger partial charge in [-0.05, 0) is 63.0 Å². The van der Waals surface area contributed by atoms with Crippen LogP contribution in [0.4, 0.5) is 27.8 Å². The quantitative estimate of drug-likeness (QED) is 0.477. The van der Waals surface area contributed by atoms with Crippen LogP contribution in [0.15, 0.2) is 24.4 Å². The molecule has 4 heterocycles. The molecule has 3 fully saturated rings. The first-order valence-corrected chi connectivity index (χ1v) is 15.1. The molecule has 2 aromatic heterocycles. The number of halogens is 1. The zero-order valence-electron chi connectivity index (χ0n) is 22.2. The lowest BCUT2D eigenvalue weighted by molar-refractivity contribution is 0.421. The van der Waals surface area contributed by atoms with E-state index in [4.69, 9.17) is 9.97 Å². The minimum Gasteiger partial charge on any atom is -0.367 e. The van der Waals surface area contributed by atoms with E-state index >= 15 is 0 Å². The Morgan fingerprint density at radius 3 is 2.41 bits per heavy atom. The summed E-state index contributed by atoms with van der Waals surface area (Å²) in [5, 5.41) is 2.15. The lowest BCUT2D eigenvalue weighted by atomic mass is 9.98. The normalized spacial score (nSPS) is 23.9. The van der Waals surface area contributed by atoms with Gasteiger partial charge in [0, 0.05) is 63.1 Å². The summed E-state index contributed by atoms with van der Waals surface area (Å²) >= 11 is 0. The molecule has 0 spiro atoms. The summed E-state index contributed by atoms with van der Waals surface area (Å²) in [6, 6.07) is 6.14. The Kier molecular flexibility index (Phi) is 8.36. The van der Waals surface area contributed by atoms with Gasteiger partial charge < -0.3 is 20.0 Å².